The topological polar surface area (TPSA) is 64.4 Å². The number of methoxy groups -OCH3 is 1. The molecule has 19 heavy (non-hydrogen) atoms. The van der Waals surface area contributed by atoms with Crippen molar-refractivity contribution < 1.29 is 9.66 Å². The van der Waals surface area contributed by atoms with Gasteiger partial charge in [-0.1, -0.05) is 0 Å². The first kappa shape index (κ1) is 14.0. The fraction of sp³-hybridized carbons (Fsp3) is 0.538. The maximum absolute atomic E-state index is 10.8. The van der Waals surface area contributed by atoms with E-state index in [1.165, 1.54) is 37.5 Å². The zero-order chi connectivity index (χ0) is 13.7. The lowest BCUT2D eigenvalue weighted by Crippen LogP contribution is -2.19. The second-order valence-electron chi connectivity index (χ2n) is 4.58. The Bertz CT molecular complexity index is 448. The van der Waals surface area contributed by atoms with Crippen molar-refractivity contribution in [3.8, 4) is 5.75 Å². The van der Waals surface area contributed by atoms with Gasteiger partial charge in [0.15, 0.2) is 5.75 Å². The van der Waals surface area contributed by atoms with E-state index in [-0.39, 0.29) is 5.69 Å². The van der Waals surface area contributed by atoms with Gasteiger partial charge in [0.25, 0.3) is 0 Å². The van der Waals surface area contributed by atoms with Crippen molar-refractivity contribution in [2.24, 2.45) is 5.92 Å². The highest BCUT2D eigenvalue weighted by Gasteiger charge is 2.16. The summed E-state index contributed by atoms with van der Waals surface area (Å²) in [6, 6.07) is 4.91. The van der Waals surface area contributed by atoms with Crippen LogP contribution >= 0.6 is 11.8 Å². The van der Waals surface area contributed by atoms with Crippen molar-refractivity contribution in [2.75, 3.05) is 30.5 Å². The summed E-state index contributed by atoms with van der Waals surface area (Å²) in [6.45, 7) is 0.918. The number of ether oxygens (including phenoxy) is 1. The predicted octanol–water partition coefficient (Wildman–Crippen LogP) is 3.16. The van der Waals surface area contributed by atoms with E-state index in [1.807, 2.05) is 11.8 Å². The van der Waals surface area contributed by atoms with Crippen LogP contribution in [-0.2, 0) is 0 Å². The predicted molar refractivity (Wildman–Crippen MR) is 78.2 cm³/mol. The summed E-state index contributed by atoms with van der Waals surface area (Å²) < 4.78 is 5.05. The molecule has 0 radical (unpaired) electrons. The van der Waals surface area contributed by atoms with E-state index in [4.69, 9.17) is 4.74 Å². The molecular formula is C13H18N2O3S. The van der Waals surface area contributed by atoms with Crippen LogP contribution in [-0.4, -0.2) is 30.1 Å². The van der Waals surface area contributed by atoms with Gasteiger partial charge in [-0.15, -0.1) is 0 Å². The SMILES string of the molecule is COc1cc(NCC2CCSCC2)ccc1[N+](=O)[O-]. The minimum absolute atomic E-state index is 0.00196. The first-order chi connectivity index (χ1) is 9.20. The lowest BCUT2D eigenvalue weighted by Gasteiger charge is -2.22. The molecule has 1 saturated heterocycles. The number of anilines is 1. The van der Waals surface area contributed by atoms with Gasteiger partial charge in [0.1, 0.15) is 0 Å². The molecule has 0 unspecified atom stereocenters. The average molecular weight is 282 g/mol. The lowest BCUT2D eigenvalue weighted by molar-refractivity contribution is -0.385. The van der Waals surface area contributed by atoms with Crippen LogP contribution < -0.4 is 10.1 Å². The van der Waals surface area contributed by atoms with Crippen LogP contribution in [0.25, 0.3) is 0 Å². The van der Waals surface area contributed by atoms with Crippen LogP contribution in [0.1, 0.15) is 12.8 Å². The number of hydrogen-bond donors (Lipinski definition) is 1. The van der Waals surface area contributed by atoms with Gasteiger partial charge in [0, 0.05) is 24.4 Å². The number of nitro groups is 1. The summed E-state index contributed by atoms with van der Waals surface area (Å²) >= 11 is 2.01. The van der Waals surface area contributed by atoms with Crippen LogP contribution in [0, 0.1) is 16.0 Å². The Morgan fingerprint density at radius 2 is 2.21 bits per heavy atom. The summed E-state index contributed by atoms with van der Waals surface area (Å²) in [5.74, 6) is 3.46. The zero-order valence-corrected chi connectivity index (χ0v) is 11.7. The second-order valence-corrected chi connectivity index (χ2v) is 5.81. The highest BCUT2D eigenvalue weighted by molar-refractivity contribution is 7.99. The Morgan fingerprint density at radius 1 is 1.47 bits per heavy atom. The van der Waals surface area contributed by atoms with E-state index < -0.39 is 4.92 Å². The van der Waals surface area contributed by atoms with Gasteiger partial charge in [-0.05, 0) is 36.3 Å². The van der Waals surface area contributed by atoms with Gasteiger partial charge in [-0.25, -0.2) is 0 Å². The Kier molecular flexibility index (Phi) is 4.90. The van der Waals surface area contributed by atoms with Gasteiger partial charge >= 0.3 is 5.69 Å². The normalized spacial score (nSPS) is 16.1. The summed E-state index contributed by atoms with van der Waals surface area (Å²) in [5, 5.41) is 14.1. The third-order valence-corrected chi connectivity index (χ3v) is 4.36. The standard InChI is InChI=1S/C13H18N2O3S/c1-18-13-8-11(2-3-12(13)15(16)17)14-9-10-4-6-19-7-5-10/h2-3,8,10,14H,4-7,9H2,1H3. The number of hydrogen-bond acceptors (Lipinski definition) is 5. The van der Waals surface area contributed by atoms with E-state index in [0.29, 0.717) is 11.7 Å². The number of nitro benzene ring substituents is 1. The van der Waals surface area contributed by atoms with Crippen LogP contribution in [0.4, 0.5) is 11.4 Å². The largest absolute Gasteiger partial charge is 0.490 e. The molecule has 0 bridgehead atoms. The molecule has 0 aliphatic carbocycles. The van der Waals surface area contributed by atoms with Crippen molar-refractivity contribution in [1.29, 1.82) is 0 Å². The fourth-order valence-electron chi connectivity index (χ4n) is 2.15. The molecule has 1 N–H and O–H groups in total. The summed E-state index contributed by atoms with van der Waals surface area (Å²) in [4.78, 5) is 10.4. The minimum atomic E-state index is -0.430. The summed E-state index contributed by atoms with van der Waals surface area (Å²) in [7, 11) is 1.45. The van der Waals surface area contributed by atoms with E-state index in [2.05, 4.69) is 5.32 Å². The third-order valence-electron chi connectivity index (χ3n) is 3.31. The minimum Gasteiger partial charge on any atom is -0.490 e. The molecule has 2 rings (SSSR count). The molecule has 5 nitrogen and oxygen atoms in total. The first-order valence-corrected chi connectivity index (χ1v) is 7.50. The van der Waals surface area contributed by atoms with Crippen molar-refractivity contribution >= 4 is 23.1 Å². The Morgan fingerprint density at radius 3 is 2.84 bits per heavy atom. The Balaban J connectivity index is 1.98. The van der Waals surface area contributed by atoms with Crippen molar-refractivity contribution in [3.05, 3.63) is 28.3 Å². The van der Waals surface area contributed by atoms with Crippen molar-refractivity contribution in [3.63, 3.8) is 0 Å². The van der Waals surface area contributed by atoms with Crippen LogP contribution in [0.3, 0.4) is 0 Å². The molecular weight excluding hydrogens is 264 g/mol. The quantitative estimate of drug-likeness (QED) is 0.664. The van der Waals surface area contributed by atoms with Crippen LogP contribution in [0.2, 0.25) is 0 Å². The summed E-state index contributed by atoms with van der Waals surface area (Å²) in [5.41, 5.74) is 0.878. The molecule has 1 aliphatic heterocycles. The maximum atomic E-state index is 10.8. The van der Waals surface area contributed by atoms with Gasteiger partial charge in [-0.3, -0.25) is 10.1 Å². The molecule has 0 atom stereocenters. The van der Waals surface area contributed by atoms with Crippen LogP contribution in [0.15, 0.2) is 18.2 Å². The molecule has 1 aromatic rings. The third kappa shape index (κ3) is 3.76. The molecule has 1 heterocycles. The van der Waals surface area contributed by atoms with E-state index in [9.17, 15) is 10.1 Å². The maximum Gasteiger partial charge on any atom is 0.311 e. The fourth-order valence-corrected chi connectivity index (χ4v) is 3.36. The molecule has 6 heteroatoms. The van der Waals surface area contributed by atoms with E-state index >= 15 is 0 Å². The van der Waals surface area contributed by atoms with E-state index in [0.717, 1.165) is 12.2 Å². The summed E-state index contributed by atoms with van der Waals surface area (Å²) in [6.07, 6.45) is 2.48. The smallest absolute Gasteiger partial charge is 0.311 e. The number of nitrogens with one attached hydrogen (secondary N) is 1. The molecule has 0 amide bonds. The molecule has 0 spiro atoms. The van der Waals surface area contributed by atoms with Crippen molar-refractivity contribution in [2.45, 2.75) is 12.8 Å². The van der Waals surface area contributed by atoms with Crippen LogP contribution in [0.5, 0.6) is 5.75 Å². The number of rotatable bonds is 5. The van der Waals surface area contributed by atoms with Gasteiger partial charge in [-0.2, -0.15) is 11.8 Å². The number of benzene rings is 1. The molecule has 104 valence electrons. The Labute approximate surface area is 116 Å². The van der Waals surface area contributed by atoms with Gasteiger partial charge < -0.3 is 10.1 Å². The zero-order valence-electron chi connectivity index (χ0n) is 10.9. The number of thioether (sulfide) groups is 1. The number of nitrogens with zero attached hydrogens (tertiary/aromatic N) is 1. The molecule has 0 aromatic heterocycles. The first-order valence-electron chi connectivity index (χ1n) is 6.34. The molecule has 1 aromatic carbocycles. The highest BCUT2D eigenvalue weighted by atomic mass is 32.2. The van der Waals surface area contributed by atoms with Crippen molar-refractivity contribution in [1.82, 2.24) is 0 Å². The highest BCUT2D eigenvalue weighted by Crippen LogP contribution is 2.30. The Hall–Kier alpha value is -1.43. The average Bonchev–Trinajstić information content (AvgIpc) is 2.45. The van der Waals surface area contributed by atoms with Gasteiger partial charge in [0.05, 0.1) is 12.0 Å². The monoisotopic (exact) mass is 282 g/mol. The van der Waals surface area contributed by atoms with E-state index in [1.54, 1.807) is 12.1 Å². The second kappa shape index (κ2) is 6.65. The molecule has 1 fully saturated rings. The lowest BCUT2D eigenvalue weighted by atomic mass is 10.0. The van der Waals surface area contributed by atoms with Gasteiger partial charge in [0.2, 0.25) is 0 Å². The molecule has 1 aliphatic rings. The molecule has 0 saturated carbocycles.